The van der Waals surface area contributed by atoms with Crippen molar-refractivity contribution >= 4 is 21.7 Å². The summed E-state index contributed by atoms with van der Waals surface area (Å²) in [5.74, 6) is 0.00986. The molecule has 0 radical (unpaired) electrons. The lowest BCUT2D eigenvalue weighted by molar-refractivity contribution is 0.104. The number of ketones is 1. The number of carbonyl (C=O) groups is 1. The molecule has 0 fully saturated rings. The molecule has 1 aromatic carbocycles. The molecule has 0 saturated heterocycles. The number of hydrogen-bond donors (Lipinski definition) is 1. The molecule has 0 atom stereocenters. The third-order valence-corrected chi connectivity index (χ3v) is 2.32. The highest BCUT2D eigenvalue weighted by molar-refractivity contribution is 9.10. The maximum atomic E-state index is 11.6. The molecule has 1 rings (SSSR count). The molecule has 0 spiro atoms. The fourth-order valence-corrected chi connectivity index (χ4v) is 1.29. The van der Waals surface area contributed by atoms with Gasteiger partial charge in [-0.3, -0.25) is 4.79 Å². The molecular formula is C12H14BrNO. The van der Waals surface area contributed by atoms with Gasteiger partial charge in [0.1, 0.15) is 0 Å². The molecule has 80 valence electrons. The summed E-state index contributed by atoms with van der Waals surface area (Å²) in [7, 11) is 0. The number of benzene rings is 1. The van der Waals surface area contributed by atoms with Crippen molar-refractivity contribution in [1.29, 1.82) is 0 Å². The van der Waals surface area contributed by atoms with E-state index in [9.17, 15) is 4.79 Å². The van der Waals surface area contributed by atoms with Gasteiger partial charge in [0.25, 0.3) is 0 Å². The van der Waals surface area contributed by atoms with Gasteiger partial charge in [-0.1, -0.05) is 15.9 Å². The van der Waals surface area contributed by atoms with Crippen molar-refractivity contribution in [3.05, 3.63) is 46.6 Å². The van der Waals surface area contributed by atoms with Crippen LogP contribution in [0.5, 0.6) is 0 Å². The smallest absolute Gasteiger partial charge is 0.187 e. The Hall–Kier alpha value is -1.09. The fraction of sp³-hybridized carbons (Fsp3) is 0.250. The number of allylic oxidation sites excluding steroid dienone is 1. The number of halogens is 1. The van der Waals surface area contributed by atoms with Crippen LogP contribution in [0.25, 0.3) is 0 Å². The van der Waals surface area contributed by atoms with E-state index >= 15 is 0 Å². The monoisotopic (exact) mass is 267 g/mol. The quantitative estimate of drug-likeness (QED) is 0.671. The maximum absolute atomic E-state index is 11.6. The van der Waals surface area contributed by atoms with Gasteiger partial charge >= 0.3 is 0 Å². The summed E-state index contributed by atoms with van der Waals surface area (Å²) in [6, 6.07) is 7.66. The summed E-state index contributed by atoms with van der Waals surface area (Å²) in [6.45, 7) is 4.04. The van der Waals surface area contributed by atoms with Crippen molar-refractivity contribution in [2.24, 2.45) is 0 Å². The molecule has 0 aliphatic heterocycles. The van der Waals surface area contributed by atoms with Crippen molar-refractivity contribution in [2.45, 2.75) is 19.9 Å². The van der Waals surface area contributed by atoms with Crippen LogP contribution in [0.1, 0.15) is 24.2 Å². The lowest BCUT2D eigenvalue weighted by Gasteiger charge is -2.02. The summed E-state index contributed by atoms with van der Waals surface area (Å²) in [5, 5.41) is 3.05. The first-order chi connectivity index (χ1) is 7.09. The minimum absolute atomic E-state index is 0.00986. The van der Waals surface area contributed by atoms with Gasteiger partial charge in [0.2, 0.25) is 0 Å². The minimum atomic E-state index is 0.00986. The SMILES string of the molecule is CC(C)N/C=C/C(=O)c1ccc(Br)cc1. The van der Waals surface area contributed by atoms with Gasteiger partial charge in [0.05, 0.1) is 0 Å². The predicted octanol–water partition coefficient (Wildman–Crippen LogP) is 3.14. The van der Waals surface area contributed by atoms with Gasteiger partial charge in [-0.05, 0) is 38.1 Å². The number of carbonyl (C=O) groups excluding carboxylic acids is 1. The Morgan fingerprint density at radius 1 is 1.33 bits per heavy atom. The first kappa shape index (κ1) is 12.0. The van der Waals surface area contributed by atoms with E-state index in [0.29, 0.717) is 11.6 Å². The molecule has 2 nitrogen and oxygen atoms in total. The van der Waals surface area contributed by atoms with E-state index in [1.54, 1.807) is 24.4 Å². The van der Waals surface area contributed by atoms with E-state index in [-0.39, 0.29) is 5.78 Å². The zero-order valence-corrected chi connectivity index (χ0v) is 10.4. The molecular weight excluding hydrogens is 254 g/mol. The van der Waals surface area contributed by atoms with Crippen LogP contribution in [0.3, 0.4) is 0 Å². The number of hydrogen-bond acceptors (Lipinski definition) is 2. The van der Waals surface area contributed by atoms with E-state index < -0.39 is 0 Å². The normalized spacial score (nSPS) is 10.9. The summed E-state index contributed by atoms with van der Waals surface area (Å²) in [4.78, 5) is 11.6. The van der Waals surface area contributed by atoms with Gasteiger partial charge in [-0.2, -0.15) is 0 Å². The maximum Gasteiger partial charge on any atom is 0.187 e. The van der Waals surface area contributed by atoms with Gasteiger partial charge in [0.15, 0.2) is 5.78 Å². The highest BCUT2D eigenvalue weighted by Crippen LogP contribution is 2.11. The van der Waals surface area contributed by atoms with E-state index in [4.69, 9.17) is 0 Å². The fourth-order valence-electron chi connectivity index (χ4n) is 1.03. The van der Waals surface area contributed by atoms with Crippen molar-refractivity contribution in [3.63, 3.8) is 0 Å². The molecule has 0 aliphatic carbocycles. The second-order valence-electron chi connectivity index (χ2n) is 3.53. The van der Waals surface area contributed by atoms with Crippen LogP contribution in [-0.2, 0) is 0 Å². The third-order valence-electron chi connectivity index (χ3n) is 1.79. The van der Waals surface area contributed by atoms with E-state index in [1.807, 2.05) is 26.0 Å². The predicted molar refractivity (Wildman–Crippen MR) is 65.9 cm³/mol. The number of rotatable bonds is 4. The zero-order valence-electron chi connectivity index (χ0n) is 8.83. The highest BCUT2D eigenvalue weighted by atomic mass is 79.9. The van der Waals surface area contributed by atoms with E-state index in [1.165, 1.54) is 0 Å². The Bertz CT molecular complexity index is 354. The Balaban J connectivity index is 2.61. The van der Waals surface area contributed by atoms with Crippen LogP contribution in [0.15, 0.2) is 41.0 Å². The first-order valence-electron chi connectivity index (χ1n) is 4.82. The molecule has 0 bridgehead atoms. The molecule has 3 heteroatoms. The van der Waals surface area contributed by atoms with Crippen LogP contribution in [-0.4, -0.2) is 11.8 Å². The Labute approximate surface area is 98.5 Å². The minimum Gasteiger partial charge on any atom is -0.389 e. The molecule has 0 amide bonds. The van der Waals surface area contributed by atoms with E-state index in [0.717, 1.165) is 4.47 Å². The molecule has 0 unspecified atom stereocenters. The second-order valence-corrected chi connectivity index (χ2v) is 4.44. The molecule has 15 heavy (non-hydrogen) atoms. The Morgan fingerprint density at radius 2 is 1.93 bits per heavy atom. The summed E-state index contributed by atoms with van der Waals surface area (Å²) in [6.07, 6.45) is 3.23. The van der Waals surface area contributed by atoms with Gasteiger partial charge in [-0.15, -0.1) is 0 Å². The van der Waals surface area contributed by atoms with Crippen LogP contribution >= 0.6 is 15.9 Å². The lowest BCUT2D eigenvalue weighted by atomic mass is 10.1. The van der Waals surface area contributed by atoms with Crippen LogP contribution < -0.4 is 5.32 Å². The molecule has 0 heterocycles. The number of nitrogens with one attached hydrogen (secondary N) is 1. The van der Waals surface area contributed by atoms with Crippen molar-refractivity contribution in [2.75, 3.05) is 0 Å². The summed E-state index contributed by atoms with van der Waals surface area (Å²) in [5.41, 5.74) is 0.694. The van der Waals surface area contributed by atoms with E-state index in [2.05, 4.69) is 21.2 Å². The second kappa shape index (κ2) is 5.71. The zero-order chi connectivity index (χ0) is 11.3. The lowest BCUT2D eigenvalue weighted by Crippen LogP contribution is -2.15. The summed E-state index contributed by atoms with van der Waals surface area (Å²) < 4.78 is 0.975. The van der Waals surface area contributed by atoms with Crippen LogP contribution in [0, 0.1) is 0 Å². The Kier molecular flexibility index (Phi) is 4.56. The largest absolute Gasteiger partial charge is 0.389 e. The molecule has 0 aliphatic rings. The Morgan fingerprint density at radius 3 is 2.47 bits per heavy atom. The highest BCUT2D eigenvalue weighted by Gasteiger charge is 2.00. The average molecular weight is 268 g/mol. The third kappa shape index (κ3) is 4.30. The average Bonchev–Trinajstić information content (AvgIpc) is 2.18. The molecule has 0 aromatic heterocycles. The van der Waals surface area contributed by atoms with Crippen molar-refractivity contribution in [1.82, 2.24) is 5.32 Å². The van der Waals surface area contributed by atoms with Crippen molar-refractivity contribution < 1.29 is 4.79 Å². The van der Waals surface area contributed by atoms with Gasteiger partial charge < -0.3 is 5.32 Å². The summed E-state index contributed by atoms with van der Waals surface area (Å²) >= 11 is 3.32. The van der Waals surface area contributed by atoms with Gasteiger partial charge in [0, 0.05) is 28.4 Å². The molecule has 1 aromatic rings. The van der Waals surface area contributed by atoms with Crippen molar-refractivity contribution in [3.8, 4) is 0 Å². The standard InChI is InChI=1S/C12H14BrNO/c1-9(2)14-8-7-12(15)10-3-5-11(13)6-4-10/h3-9,14H,1-2H3/b8-7+. The van der Waals surface area contributed by atoms with Crippen LogP contribution in [0.4, 0.5) is 0 Å². The topological polar surface area (TPSA) is 29.1 Å². The van der Waals surface area contributed by atoms with Gasteiger partial charge in [-0.25, -0.2) is 0 Å². The first-order valence-corrected chi connectivity index (χ1v) is 5.61. The molecule has 0 saturated carbocycles. The van der Waals surface area contributed by atoms with Crippen LogP contribution in [0.2, 0.25) is 0 Å². The molecule has 1 N–H and O–H groups in total.